The number of pyridine rings is 1. The van der Waals surface area contributed by atoms with Crippen molar-refractivity contribution in [3.05, 3.63) is 60.8 Å². The van der Waals surface area contributed by atoms with E-state index >= 15 is 0 Å². The number of benzene rings is 2. The van der Waals surface area contributed by atoms with Gasteiger partial charge in [0, 0.05) is 54.7 Å². The van der Waals surface area contributed by atoms with Crippen LogP contribution in [0.4, 0.5) is 17.1 Å². The second kappa shape index (κ2) is 10.5. The molecule has 0 amide bonds. The molecule has 178 valence electrons. The lowest BCUT2D eigenvalue weighted by atomic mass is 10.1. The van der Waals surface area contributed by atoms with Crippen LogP contribution in [0.25, 0.3) is 22.3 Å². The number of ether oxygens (including phenoxy) is 1. The Labute approximate surface area is 203 Å². The zero-order valence-corrected chi connectivity index (χ0v) is 21.8. The molecule has 0 aliphatic carbocycles. The van der Waals surface area contributed by atoms with Crippen LogP contribution < -0.4 is 20.3 Å². The van der Waals surface area contributed by atoms with Crippen LogP contribution in [-0.4, -0.2) is 69.5 Å². The number of methoxy groups -OCH3 is 1. The van der Waals surface area contributed by atoms with Crippen molar-refractivity contribution in [1.29, 1.82) is 0 Å². The maximum Gasteiger partial charge on any atom is 0.139 e. The van der Waals surface area contributed by atoms with Gasteiger partial charge >= 0.3 is 0 Å². The van der Waals surface area contributed by atoms with Crippen LogP contribution in [0.15, 0.2) is 60.8 Å². The number of anilines is 3. The fraction of sp³-hybridized carbons (Fsp3) is 0.296. The molecular formula is C27H34N5OP. The number of aromatic nitrogens is 2. The number of fused-ring (bicyclic) bond motifs is 1. The normalized spacial score (nSPS) is 11.4. The van der Waals surface area contributed by atoms with E-state index in [9.17, 15) is 0 Å². The van der Waals surface area contributed by atoms with E-state index in [1.165, 1.54) is 5.30 Å². The number of hydrogen-bond donors (Lipinski definition) is 2. The van der Waals surface area contributed by atoms with Crippen molar-refractivity contribution in [2.24, 2.45) is 0 Å². The summed E-state index contributed by atoms with van der Waals surface area (Å²) in [6, 6.07) is 19.1. The minimum Gasteiger partial charge on any atom is -0.496 e. The molecule has 7 heteroatoms. The Morgan fingerprint density at radius 3 is 2.50 bits per heavy atom. The number of hydrogen-bond acceptors (Lipinski definition) is 5. The second-order valence-electron chi connectivity index (χ2n) is 8.95. The monoisotopic (exact) mass is 475 g/mol. The van der Waals surface area contributed by atoms with E-state index < -0.39 is 0 Å². The summed E-state index contributed by atoms with van der Waals surface area (Å²) in [5.74, 6) is 0.836. The van der Waals surface area contributed by atoms with Crippen LogP contribution in [0.1, 0.15) is 0 Å². The number of nitrogens with zero attached hydrogens (tertiary/aromatic N) is 3. The van der Waals surface area contributed by atoms with Gasteiger partial charge in [0.05, 0.1) is 18.5 Å². The van der Waals surface area contributed by atoms with E-state index in [1.807, 2.05) is 12.3 Å². The van der Waals surface area contributed by atoms with Gasteiger partial charge in [0.15, 0.2) is 0 Å². The number of H-pyrrole nitrogens is 1. The smallest absolute Gasteiger partial charge is 0.139 e. The van der Waals surface area contributed by atoms with Crippen molar-refractivity contribution in [3.63, 3.8) is 0 Å². The molecule has 4 aromatic rings. The van der Waals surface area contributed by atoms with Crippen molar-refractivity contribution in [1.82, 2.24) is 14.9 Å². The van der Waals surface area contributed by atoms with Crippen LogP contribution >= 0.6 is 7.92 Å². The maximum atomic E-state index is 5.79. The minimum atomic E-state index is -0.218. The Balaban J connectivity index is 1.67. The molecule has 6 nitrogen and oxygen atoms in total. The molecule has 0 fully saturated rings. The highest BCUT2D eigenvalue weighted by Gasteiger charge is 2.15. The first-order valence-corrected chi connectivity index (χ1v) is 13.7. The Morgan fingerprint density at radius 2 is 1.76 bits per heavy atom. The lowest BCUT2D eigenvalue weighted by molar-refractivity contribution is 0.413. The average Bonchev–Trinajstić information content (AvgIpc) is 3.27. The topological polar surface area (TPSA) is 56.4 Å². The molecule has 0 saturated carbocycles. The Hall–Kier alpha value is -3.08. The molecule has 2 aromatic carbocycles. The Kier molecular flexibility index (Phi) is 7.40. The van der Waals surface area contributed by atoms with Crippen molar-refractivity contribution < 1.29 is 4.74 Å². The lowest BCUT2D eigenvalue weighted by Crippen LogP contribution is -2.28. The van der Waals surface area contributed by atoms with Crippen LogP contribution in [-0.2, 0) is 0 Å². The van der Waals surface area contributed by atoms with Gasteiger partial charge in [0.2, 0.25) is 0 Å². The fourth-order valence-electron chi connectivity index (χ4n) is 4.01. The first-order chi connectivity index (χ1) is 16.4. The molecule has 4 rings (SSSR count). The SMILES string of the molecule is COc1cc(N(C)CCN(C)C)ccc1-c1cc2c(Nc3ccccc3P(C)C)ccnc2[nH]1. The first-order valence-electron chi connectivity index (χ1n) is 11.4. The largest absolute Gasteiger partial charge is 0.496 e. The lowest BCUT2D eigenvalue weighted by Gasteiger charge is -2.22. The summed E-state index contributed by atoms with van der Waals surface area (Å²) < 4.78 is 5.79. The van der Waals surface area contributed by atoms with E-state index in [4.69, 9.17) is 4.74 Å². The van der Waals surface area contributed by atoms with Crippen LogP contribution in [0.2, 0.25) is 0 Å². The van der Waals surface area contributed by atoms with E-state index in [1.54, 1.807) is 7.11 Å². The summed E-state index contributed by atoms with van der Waals surface area (Å²) in [5, 5.41) is 6.06. The summed E-state index contributed by atoms with van der Waals surface area (Å²) in [7, 11) is 7.80. The van der Waals surface area contributed by atoms with E-state index in [0.717, 1.165) is 58.2 Å². The number of aromatic amines is 1. The molecule has 0 aliphatic rings. The molecule has 34 heavy (non-hydrogen) atoms. The maximum absolute atomic E-state index is 5.79. The van der Waals surface area contributed by atoms with E-state index in [0.29, 0.717) is 0 Å². The van der Waals surface area contributed by atoms with Gasteiger partial charge in [0.25, 0.3) is 0 Å². The van der Waals surface area contributed by atoms with E-state index in [2.05, 4.69) is 108 Å². The summed E-state index contributed by atoms with van der Waals surface area (Å²) >= 11 is 0. The zero-order valence-electron chi connectivity index (χ0n) is 20.9. The summed E-state index contributed by atoms with van der Waals surface area (Å²) in [6.45, 7) is 6.49. The predicted molar refractivity (Wildman–Crippen MR) is 148 cm³/mol. The Morgan fingerprint density at radius 1 is 0.971 bits per heavy atom. The van der Waals surface area contributed by atoms with Crippen LogP contribution in [0.5, 0.6) is 5.75 Å². The highest BCUT2D eigenvalue weighted by Crippen LogP contribution is 2.37. The third kappa shape index (κ3) is 5.19. The molecule has 0 unspecified atom stereocenters. The van der Waals surface area contributed by atoms with Gasteiger partial charge in [0.1, 0.15) is 11.4 Å². The number of rotatable bonds is 9. The van der Waals surface area contributed by atoms with Gasteiger partial charge in [-0.15, -0.1) is 0 Å². The quantitative estimate of drug-likeness (QED) is 0.320. The molecule has 0 atom stereocenters. The highest BCUT2D eigenvalue weighted by molar-refractivity contribution is 7.64. The van der Waals surface area contributed by atoms with Gasteiger partial charge in [-0.1, -0.05) is 26.1 Å². The van der Waals surface area contributed by atoms with Gasteiger partial charge in [-0.2, -0.15) is 0 Å². The summed E-state index contributed by atoms with van der Waals surface area (Å²) in [6.07, 6.45) is 1.84. The standard InChI is InChI=1S/C27H34N5OP/c1-31(2)15-16-32(3)19-11-12-20(25(17-19)33-4)24-18-21-22(13-14-28-27(21)30-24)29-23-9-7-8-10-26(23)34(5)6/h7-14,17-18H,15-16H2,1-6H3,(H2,28,29,30). The molecule has 2 aromatic heterocycles. The Bertz CT molecular complexity index is 1270. The molecule has 2 heterocycles. The van der Waals surface area contributed by atoms with Gasteiger partial charge in [-0.3, -0.25) is 0 Å². The zero-order chi connectivity index (χ0) is 24.2. The van der Waals surface area contributed by atoms with Crippen molar-refractivity contribution >= 4 is 41.3 Å². The average molecular weight is 476 g/mol. The van der Waals surface area contributed by atoms with Gasteiger partial charge in [-0.25, -0.2) is 4.98 Å². The van der Waals surface area contributed by atoms with Crippen molar-refractivity contribution in [2.75, 3.05) is 64.9 Å². The molecule has 0 saturated heterocycles. The molecule has 2 N–H and O–H groups in total. The van der Waals surface area contributed by atoms with E-state index in [-0.39, 0.29) is 7.92 Å². The van der Waals surface area contributed by atoms with Crippen LogP contribution in [0.3, 0.4) is 0 Å². The highest BCUT2D eigenvalue weighted by atomic mass is 31.1. The predicted octanol–water partition coefficient (Wildman–Crippen LogP) is 5.35. The number of likely N-dealkylation sites (N-methyl/N-ethyl adjacent to an activating group) is 2. The number of para-hydroxylation sites is 1. The van der Waals surface area contributed by atoms with Crippen molar-refractivity contribution in [3.8, 4) is 17.0 Å². The molecule has 0 spiro atoms. The minimum absolute atomic E-state index is 0.218. The van der Waals surface area contributed by atoms with Crippen molar-refractivity contribution in [2.45, 2.75) is 0 Å². The summed E-state index contributed by atoms with van der Waals surface area (Å²) in [4.78, 5) is 12.5. The third-order valence-electron chi connectivity index (χ3n) is 5.99. The number of nitrogens with one attached hydrogen (secondary N) is 2. The second-order valence-corrected chi connectivity index (χ2v) is 11.2. The molecular weight excluding hydrogens is 441 g/mol. The molecule has 0 aliphatic heterocycles. The summed E-state index contributed by atoms with van der Waals surface area (Å²) in [5.41, 5.74) is 6.17. The molecule has 0 bridgehead atoms. The van der Waals surface area contributed by atoms with Crippen LogP contribution in [0, 0.1) is 0 Å². The molecule has 0 radical (unpaired) electrons. The fourth-order valence-corrected chi connectivity index (χ4v) is 5.01. The first kappa shape index (κ1) is 24.1. The van der Waals surface area contributed by atoms with Gasteiger partial charge < -0.3 is 24.8 Å². The van der Waals surface area contributed by atoms with Gasteiger partial charge in [-0.05, 0) is 63.1 Å². The third-order valence-corrected chi connectivity index (χ3v) is 7.34.